The number of hydrogen-bond acceptors (Lipinski definition) is 3. The van der Waals surface area contributed by atoms with Gasteiger partial charge in [0.25, 0.3) is 0 Å². The number of aryl methyl sites for hydroxylation is 1. The van der Waals surface area contributed by atoms with Crippen LogP contribution in [0.25, 0.3) is 11.0 Å². The molecule has 2 N–H and O–H groups in total. The van der Waals surface area contributed by atoms with Crippen LogP contribution in [0, 0.1) is 12.8 Å². The summed E-state index contributed by atoms with van der Waals surface area (Å²) in [5.74, 6) is 1.56. The van der Waals surface area contributed by atoms with Gasteiger partial charge < -0.3 is 15.1 Å². The molecule has 1 unspecified atom stereocenters. The molecule has 0 fully saturated rings. The van der Waals surface area contributed by atoms with Gasteiger partial charge in [-0.25, -0.2) is 0 Å². The number of fused-ring (bicyclic) bond motifs is 1. The summed E-state index contributed by atoms with van der Waals surface area (Å²) in [6.07, 6.45) is 1.03. The second kappa shape index (κ2) is 6.42. The predicted molar refractivity (Wildman–Crippen MR) is 84.7 cm³/mol. The smallest absolute Gasteiger partial charge is 0.134 e. The molecule has 1 aromatic carbocycles. The number of rotatable bonds is 6. The van der Waals surface area contributed by atoms with E-state index >= 15 is 0 Å². The molecule has 1 aromatic heterocycles. The minimum atomic E-state index is 0.277. The Balaban J connectivity index is 2.03. The van der Waals surface area contributed by atoms with E-state index < -0.39 is 0 Å². The van der Waals surface area contributed by atoms with E-state index in [4.69, 9.17) is 10.2 Å². The fraction of sp³-hybridized carbons (Fsp3) is 0.529. The zero-order chi connectivity index (χ0) is 14.7. The Labute approximate surface area is 121 Å². The molecule has 0 spiro atoms. The number of furan rings is 1. The summed E-state index contributed by atoms with van der Waals surface area (Å²) in [6, 6.07) is 8.52. The third-order valence-electron chi connectivity index (χ3n) is 4.03. The summed E-state index contributed by atoms with van der Waals surface area (Å²) >= 11 is 0. The molecule has 0 aliphatic carbocycles. The maximum absolute atomic E-state index is 6.11. The van der Waals surface area contributed by atoms with Crippen LogP contribution in [0.3, 0.4) is 0 Å². The lowest BCUT2D eigenvalue weighted by atomic mass is 10.0. The predicted octanol–water partition coefficient (Wildman–Crippen LogP) is 3.55. The van der Waals surface area contributed by atoms with Gasteiger partial charge in [-0.15, -0.1) is 0 Å². The Hall–Kier alpha value is -1.32. The van der Waals surface area contributed by atoms with Crippen molar-refractivity contribution in [2.75, 3.05) is 13.6 Å². The summed E-state index contributed by atoms with van der Waals surface area (Å²) in [4.78, 5) is 2.33. The second-order valence-electron chi connectivity index (χ2n) is 6.07. The van der Waals surface area contributed by atoms with Crippen LogP contribution in [0.4, 0.5) is 0 Å². The molecule has 0 radical (unpaired) electrons. The van der Waals surface area contributed by atoms with Gasteiger partial charge in [-0.1, -0.05) is 32.0 Å². The molecule has 2 aromatic rings. The largest absolute Gasteiger partial charge is 0.461 e. The summed E-state index contributed by atoms with van der Waals surface area (Å²) in [5, 5.41) is 1.23. The molecule has 0 bridgehead atoms. The van der Waals surface area contributed by atoms with Crippen molar-refractivity contribution in [3.8, 4) is 0 Å². The number of benzene rings is 1. The zero-order valence-electron chi connectivity index (χ0n) is 13.0. The van der Waals surface area contributed by atoms with Crippen molar-refractivity contribution in [1.29, 1.82) is 0 Å². The van der Waals surface area contributed by atoms with E-state index in [9.17, 15) is 0 Å². The minimum Gasteiger partial charge on any atom is -0.461 e. The van der Waals surface area contributed by atoms with E-state index in [1.54, 1.807) is 0 Å². The van der Waals surface area contributed by atoms with Crippen molar-refractivity contribution in [2.24, 2.45) is 11.7 Å². The first-order valence-corrected chi connectivity index (χ1v) is 7.40. The Morgan fingerprint density at radius 2 is 1.95 bits per heavy atom. The van der Waals surface area contributed by atoms with E-state index in [0.717, 1.165) is 30.9 Å². The highest BCUT2D eigenvalue weighted by atomic mass is 16.3. The third-order valence-corrected chi connectivity index (χ3v) is 4.03. The molecular formula is C17H26N2O. The molecule has 3 nitrogen and oxygen atoms in total. The lowest BCUT2D eigenvalue weighted by Gasteiger charge is -2.21. The summed E-state index contributed by atoms with van der Waals surface area (Å²) in [7, 11) is 2.15. The fourth-order valence-corrected chi connectivity index (χ4v) is 2.47. The number of para-hydroxylation sites is 1. The molecule has 20 heavy (non-hydrogen) atoms. The summed E-state index contributed by atoms with van der Waals surface area (Å²) in [6.45, 7) is 8.33. The van der Waals surface area contributed by atoms with Crippen LogP contribution >= 0.6 is 0 Å². The Kier molecular flexibility index (Phi) is 4.84. The Morgan fingerprint density at radius 3 is 2.65 bits per heavy atom. The number of hydrogen-bond donors (Lipinski definition) is 1. The second-order valence-corrected chi connectivity index (χ2v) is 6.07. The molecule has 0 saturated heterocycles. The molecule has 0 aliphatic heterocycles. The highest BCUT2D eigenvalue weighted by Crippen LogP contribution is 2.26. The normalized spacial score (nSPS) is 13.6. The molecule has 2 rings (SSSR count). The van der Waals surface area contributed by atoms with E-state index in [1.807, 2.05) is 19.1 Å². The van der Waals surface area contributed by atoms with Crippen LogP contribution < -0.4 is 5.73 Å². The highest BCUT2D eigenvalue weighted by molar-refractivity contribution is 5.82. The van der Waals surface area contributed by atoms with Gasteiger partial charge >= 0.3 is 0 Å². The van der Waals surface area contributed by atoms with Gasteiger partial charge in [0.05, 0.1) is 0 Å². The van der Waals surface area contributed by atoms with Crippen molar-refractivity contribution >= 4 is 11.0 Å². The molecule has 1 heterocycles. The maximum atomic E-state index is 6.11. The van der Waals surface area contributed by atoms with Crippen molar-refractivity contribution in [1.82, 2.24) is 4.90 Å². The first-order valence-electron chi connectivity index (χ1n) is 7.40. The van der Waals surface area contributed by atoms with Gasteiger partial charge in [-0.3, -0.25) is 0 Å². The Morgan fingerprint density at radius 1 is 1.25 bits per heavy atom. The SMILES string of the molecule is Cc1oc2ccccc2c1CN(C)CCC(N)C(C)C. The standard InChI is InChI=1S/C17H26N2O/c1-12(2)16(18)9-10-19(4)11-15-13(3)20-17-8-6-5-7-14(15)17/h5-8,12,16H,9-11,18H2,1-4H3. The topological polar surface area (TPSA) is 42.4 Å². The first-order chi connectivity index (χ1) is 9.49. The van der Waals surface area contributed by atoms with Crippen molar-refractivity contribution < 1.29 is 4.42 Å². The quantitative estimate of drug-likeness (QED) is 0.876. The van der Waals surface area contributed by atoms with E-state index in [1.165, 1.54) is 10.9 Å². The number of nitrogens with two attached hydrogens (primary N) is 1. The van der Waals surface area contributed by atoms with Crippen molar-refractivity contribution in [2.45, 2.75) is 39.8 Å². The molecule has 0 aliphatic rings. The highest BCUT2D eigenvalue weighted by Gasteiger charge is 2.14. The molecule has 110 valence electrons. The van der Waals surface area contributed by atoms with Crippen LogP contribution in [0.2, 0.25) is 0 Å². The maximum Gasteiger partial charge on any atom is 0.134 e. The van der Waals surface area contributed by atoms with Gasteiger partial charge in [-0.2, -0.15) is 0 Å². The Bertz CT molecular complexity index is 559. The molecule has 1 atom stereocenters. The van der Waals surface area contributed by atoms with Crippen LogP contribution in [0.15, 0.2) is 28.7 Å². The van der Waals surface area contributed by atoms with Crippen LogP contribution in [0.1, 0.15) is 31.6 Å². The van der Waals surface area contributed by atoms with Gasteiger partial charge in [0, 0.05) is 23.5 Å². The lowest BCUT2D eigenvalue weighted by Crippen LogP contribution is -2.31. The van der Waals surface area contributed by atoms with E-state index in [2.05, 4.69) is 37.9 Å². The van der Waals surface area contributed by atoms with Crippen LogP contribution in [-0.4, -0.2) is 24.5 Å². The average Bonchev–Trinajstić information content (AvgIpc) is 2.72. The number of nitrogens with zero attached hydrogens (tertiary/aromatic N) is 1. The summed E-state index contributed by atoms with van der Waals surface area (Å²) < 4.78 is 5.81. The fourth-order valence-electron chi connectivity index (χ4n) is 2.47. The van der Waals surface area contributed by atoms with Crippen molar-refractivity contribution in [3.63, 3.8) is 0 Å². The lowest BCUT2D eigenvalue weighted by molar-refractivity contribution is 0.295. The molecular weight excluding hydrogens is 248 g/mol. The molecule has 0 saturated carbocycles. The zero-order valence-corrected chi connectivity index (χ0v) is 13.0. The van der Waals surface area contributed by atoms with Crippen molar-refractivity contribution in [3.05, 3.63) is 35.6 Å². The first kappa shape index (κ1) is 15.1. The van der Waals surface area contributed by atoms with Crippen LogP contribution in [0.5, 0.6) is 0 Å². The minimum absolute atomic E-state index is 0.277. The van der Waals surface area contributed by atoms with Gasteiger partial charge in [0.1, 0.15) is 11.3 Å². The van der Waals surface area contributed by atoms with Gasteiger partial charge in [-0.05, 0) is 38.9 Å². The summed E-state index contributed by atoms with van der Waals surface area (Å²) in [5.41, 5.74) is 8.39. The monoisotopic (exact) mass is 274 g/mol. The van der Waals surface area contributed by atoms with E-state index in [-0.39, 0.29) is 6.04 Å². The third kappa shape index (κ3) is 3.41. The van der Waals surface area contributed by atoms with Gasteiger partial charge in [0.15, 0.2) is 0 Å². The average molecular weight is 274 g/mol. The van der Waals surface area contributed by atoms with E-state index in [0.29, 0.717) is 5.92 Å². The van der Waals surface area contributed by atoms with Crippen LogP contribution in [-0.2, 0) is 6.54 Å². The van der Waals surface area contributed by atoms with Gasteiger partial charge in [0.2, 0.25) is 0 Å². The molecule has 0 amide bonds. The molecule has 3 heteroatoms.